The van der Waals surface area contributed by atoms with Gasteiger partial charge in [0.05, 0.1) is 0 Å². The monoisotopic (exact) mass is 193 g/mol. The molecule has 1 heterocycles. The van der Waals surface area contributed by atoms with E-state index in [4.69, 9.17) is 11.6 Å². The van der Waals surface area contributed by atoms with Crippen molar-refractivity contribution < 1.29 is 0 Å². The standard InChI is InChI=1S/C10H6ClS/c11-9-5-3-8(4-6-9)10-2-1-7-12-10/h1-3,5-7H. The Balaban J connectivity index is 2.43. The maximum atomic E-state index is 5.75. The minimum atomic E-state index is 0.732. The number of hydrogen-bond donors (Lipinski definition) is 0. The largest absolute Gasteiger partial charge is 0.144 e. The Hall–Kier alpha value is -0.790. The van der Waals surface area contributed by atoms with E-state index in [1.165, 1.54) is 4.88 Å². The first kappa shape index (κ1) is 7.84. The summed E-state index contributed by atoms with van der Waals surface area (Å²) in [5, 5.41) is 2.79. The third kappa shape index (κ3) is 1.52. The molecule has 0 N–H and O–H groups in total. The average Bonchev–Trinajstić information content (AvgIpc) is 2.58. The molecule has 1 radical (unpaired) electrons. The smallest absolute Gasteiger partial charge is 0.0412 e. The second-order valence-electron chi connectivity index (χ2n) is 2.40. The number of thiophene rings is 1. The third-order valence-electron chi connectivity index (χ3n) is 1.56. The van der Waals surface area contributed by atoms with Gasteiger partial charge in [-0.05, 0) is 35.2 Å². The number of benzene rings is 1. The zero-order valence-corrected chi connectivity index (χ0v) is 7.82. The summed E-state index contributed by atoms with van der Waals surface area (Å²) in [6.45, 7) is 0. The molecule has 12 heavy (non-hydrogen) atoms. The van der Waals surface area contributed by atoms with Crippen LogP contribution >= 0.6 is 22.9 Å². The second kappa shape index (κ2) is 3.30. The Morgan fingerprint density at radius 1 is 1.25 bits per heavy atom. The van der Waals surface area contributed by atoms with Crippen molar-refractivity contribution >= 4 is 22.9 Å². The minimum absolute atomic E-state index is 0.732. The fourth-order valence-corrected chi connectivity index (χ4v) is 1.82. The van der Waals surface area contributed by atoms with Crippen molar-refractivity contribution in [1.29, 1.82) is 0 Å². The van der Waals surface area contributed by atoms with Crippen molar-refractivity contribution in [1.82, 2.24) is 0 Å². The molecule has 0 fully saturated rings. The van der Waals surface area contributed by atoms with Crippen LogP contribution in [-0.4, -0.2) is 0 Å². The van der Waals surface area contributed by atoms with Gasteiger partial charge in [0, 0.05) is 9.90 Å². The minimum Gasteiger partial charge on any atom is -0.144 e. The third-order valence-corrected chi connectivity index (χ3v) is 2.70. The predicted molar refractivity (Wildman–Crippen MR) is 53.6 cm³/mol. The lowest BCUT2D eigenvalue weighted by Gasteiger charge is -1.94. The molecule has 0 spiro atoms. The van der Waals surface area contributed by atoms with Crippen LogP contribution in [0.5, 0.6) is 0 Å². The summed E-state index contributed by atoms with van der Waals surface area (Å²) in [7, 11) is 0. The van der Waals surface area contributed by atoms with Crippen LogP contribution in [0.2, 0.25) is 5.02 Å². The van der Waals surface area contributed by atoms with E-state index in [1.54, 1.807) is 17.4 Å². The van der Waals surface area contributed by atoms with E-state index >= 15 is 0 Å². The molecular formula is C10H6ClS. The van der Waals surface area contributed by atoms with Crippen LogP contribution in [0, 0.1) is 6.07 Å². The van der Waals surface area contributed by atoms with E-state index in [0.717, 1.165) is 10.6 Å². The molecular weight excluding hydrogens is 188 g/mol. The highest BCUT2D eigenvalue weighted by molar-refractivity contribution is 7.13. The van der Waals surface area contributed by atoms with Gasteiger partial charge in [0.25, 0.3) is 0 Å². The van der Waals surface area contributed by atoms with Crippen LogP contribution in [0.1, 0.15) is 0 Å². The molecule has 1 aromatic carbocycles. The molecule has 0 bridgehead atoms. The SMILES string of the molecule is Clc1c[c]c(-c2cccs2)cc1. The van der Waals surface area contributed by atoms with Gasteiger partial charge < -0.3 is 0 Å². The summed E-state index contributed by atoms with van der Waals surface area (Å²) in [6.07, 6.45) is 0. The van der Waals surface area contributed by atoms with Crippen LogP contribution in [0.25, 0.3) is 10.4 Å². The van der Waals surface area contributed by atoms with E-state index in [1.807, 2.05) is 18.2 Å². The van der Waals surface area contributed by atoms with E-state index < -0.39 is 0 Å². The van der Waals surface area contributed by atoms with Gasteiger partial charge in [-0.15, -0.1) is 11.3 Å². The van der Waals surface area contributed by atoms with Gasteiger partial charge in [-0.3, -0.25) is 0 Å². The summed E-state index contributed by atoms with van der Waals surface area (Å²) in [4.78, 5) is 1.23. The van der Waals surface area contributed by atoms with Crippen LogP contribution in [0.15, 0.2) is 35.7 Å². The molecule has 1 aromatic heterocycles. The Morgan fingerprint density at radius 3 is 2.75 bits per heavy atom. The Kier molecular flexibility index (Phi) is 2.15. The number of halogens is 1. The van der Waals surface area contributed by atoms with Crippen LogP contribution in [-0.2, 0) is 0 Å². The van der Waals surface area contributed by atoms with Crippen molar-refractivity contribution in [3.8, 4) is 10.4 Å². The van der Waals surface area contributed by atoms with E-state index in [0.29, 0.717) is 0 Å². The molecule has 2 heteroatoms. The fourth-order valence-electron chi connectivity index (χ4n) is 0.991. The second-order valence-corrected chi connectivity index (χ2v) is 3.78. The maximum absolute atomic E-state index is 5.75. The van der Waals surface area contributed by atoms with Gasteiger partial charge in [-0.1, -0.05) is 23.7 Å². The Labute approximate surface area is 80.4 Å². The molecule has 0 unspecified atom stereocenters. The van der Waals surface area contributed by atoms with E-state index in [-0.39, 0.29) is 0 Å². The quantitative estimate of drug-likeness (QED) is 0.645. The molecule has 0 saturated heterocycles. The highest BCUT2D eigenvalue weighted by Gasteiger charge is 1.97. The van der Waals surface area contributed by atoms with Gasteiger partial charge in [-0.2, -0.15) is 0 Å². The molecule has 2 rings (SSSR count). The van der Waals surface area contributed by atoms with Crippen molar-refractivity contribution in [3.63, 3.8) is 0 Å². The topological polar surface area (TPSA) is 0 Å². The van der Waals surface area contributed by atoms with E-state index in [2.05, 4.69) is 17.5 Å². The maximum Gasteiger partial charge on any atom is 0.0412 e. The first-order valence-electron chi connectivity index (χ1n) is 3.57. The van der Waals surface area contributed by atoms with Gasteiger partial charge in [0.15, 0.2) is 0 Å². The van der Waals surface area contributed by atoms with Gasteiger partial charge in [0.2, 0.25) is 0 Å². The zero-order chi connectivity index (χ0) is 8.39. The summed E-state index contributed by atoms with van der Waals surface area (Å²) in [5.41, 5.74) is 1.11. The lowest BCUT2D eigenvalue weighted by Crippen LogP contribution is -1.70. The summed E-state index contributed by atoms with van der Waals surface area (Å²) in [5.74, 6) is 0. The van der Waals surface area contributed by atoms with Crippen molar-refractivity contribution in [3.05, 3.63) is 46.8 Å². The lowest BCUT2D eigenvalue weighted by molar-refractivity contribution is 1.68. The molecule has 0 aliphatic rings. The highest BCUT2D eigenvalue weighted by atomic mass is 35.5. The highest BCUT2D eigenvalue weighted by Crippen LogP contribution is 2.24. The number of hydrogen-bond acceptors (Lipinski definition) is 1. The molecule has 0 saturated carbocycles. The Bertz CT molecular complexity index is 348. The summed E-state index contributed by atoms with van der Waals surface area (Å²) in [6, 6.07) is 12.9. The average molecular weight is 194 g/mol. The van der Waals surface area contributed by atoms with Crippen molar-refractivity contribution in [2.24, 2.45) is 0 Å². The molecule has 2 aromatic rings. The lowest BCUT2D eigenvalue weighted by atomic mass is 10.2. The van der Waals surface area contributed by atoms with Gasteiger partial charge in [0.1, 0.15) is 0 Å². The van der Waals surface area contributed by atoms with Crippen LogP contribution < -0.4 is 0 Å². The van der Waals surface area contributed by atoms with E-state index in [9.17, 15) is 0 Å². The molecule has 0 atom stereocenters. The first-order valence-corrected chi connectivity index (χ1v) is 4.83. The fraction of sp³-hybridized carbons (Fsp3) is 0. The first-order chi connectivity index (χ1) is 5.86. The zero-order valence-electron chi connectivity index (χ0n) is 6.25. The molecule has 0 aliphatic heterocycles. The van der Waals surface area contributed by atoms with Gasteiger partial charge >= 0.3 is 0 Å². The normalized spacial score (nSPS) is 10.1. The van der Waals surface area contributed by atoms with Crippen molar-refractivity contribution in [2.75, 3.05) is 0 Å². The predicted octanol–water partition coefficient (Wildman–Crippen LogP) is 3.87. The van der Waals surface area contributed by atoms with Crippen LogP contribution in [0.3, 0.4) is 0 Å². The molecule has 0 aliphatic carbocycles. The Morgan fingerprint density at radius 2 is 2.17 bits per heavy atom. The van der Waals surface area contributed by atoms with Crippen molar-refractivity contribution in [2.45, 2.75) is 0 Å². The summed E-state index contributed by atoms with van der Waals surface area (Å²) >= 11 is 7.45. The van der Waals surface area contributed by atoms with Gasteiger partial charge in [-0.25, -0.2) is 0 Å². The summed E-state index contributed by atoms with van der Waals surface area (Å²) < 4.78 is 0. The number of rotatable bonds is 1. The molecule has 0 amide bonds. The molecule has 59 valence electrons. The molecule has 0 nitrogen and oxygen atoms in total. The van der Waals surface area contributed by atoms with Crippen LogP contribution in [0.4, 0.5) is 0 Å².